The van der Waals surface area contributed by atoms with Gasteiger partial charge in [-0.2, -0.15) is 0 Å². The number of aromatic nitrogens is 5. The van der Waals surface area contributed by atoms with Crippen LogP contribution in [-0.4, -0.2) is 57.1 Å². The van der Waals surface area contributed by atoms with Crippen molar-refractivity contribution in [2.45, 2.75) is 52.6 Å². The molecule has 1 N–H and O–H groups in total. The van der Waals surface area contributed by atoms with Crippen LogP contribution in [0.3, 0.4) is 0 Å². The first-order chi connectivity index (χ1) is 18.0. The Kier molecular flexibility index (Phi) is 6.28. The minimum Gasteiger partial charge on any atom is -0.491 e. The predicted molar refractivity (Wildman–Crippen MR) is 146 cm³/mol. The van der Waals surface area contributed by atoms with E-state index in [1.807, 2.05) is 13.1 Å². The van der Waals surface area contributed by atoms with Crippen molar-refractivity contribution in [2.24, 2.45) is 5.92 Å². The van der Waals surface area contributed by atoms with E-state index in [1.165, 1.54) is 29.7 Å². The molecule has 3 aromatic heterocycles. The summed E-state index contributed by atoms with van der Waals surface area (Å²) in [6.45, 7) is 7.17. The molecule has 0 saturated carbocycles. The smallest absolute Gasteiger partial charge is 0.177 e. The first kappa shape index (κ1) is 23.9. The van der Waals surface area contributed by atoms with E-state index in [-0.39, 0.29) is 0 Å². The number of fused-ring (bicyclic) bond motifs is 3. The Morgan fingerprint density at radius 3 is 2.86 bits per heavy atom. The number of aryl methyl sites for hydroxylation is 1. The highest BCUT2D eigenvalue weighted by molar-refractivity contribution is 5.78. The van der Waals surface area contributed by atoms with Gasteiger partial charge in [-0.25, -0.2) is 19.9 Å². The van der Waals surface area contributed by atoms with Gasteiger partial charge in [0, 0.05) is 35.1 Å². The number of imidazole rings is 1. The predicted octanol–water partition coefficient (Wildman–Crippen LogP) is 4.70. The molecule has 4 aromatic rings. The van der Waals surface area contributed by atoms with Crippen LogP contribution >= 0.6 is 0 Å². The lowest BCUT2D eigenvalue weighted by atomic mass is 9.85. The molecule has 0 unspecified atom stereocenters. The summed E-state index contributed by atoms with van der Waals surface area (Å²) in [7, 11) is 4.15. The van der Waals surface area contributed by atoms with Gasteiger partial charge in [-0.15, -0.1) is 0 Å². The van der Waals surface area contributed by atoms with Crippen LogP contribution in [-0.2, 0) is 25.9 Å². The summed E-state index contributed by atoms with van der Waals surface area (Å²) in [5, 5.41) is 0. The number of benzene rings is 1. The first-order valence-corrected chi connectivity index (χ1v) is 13.3. The second kappa shape index (κ2) is 9.74. The number of ether oxygens (including phenoxy) is 1. The number of nitrogens with one attached hydrogen (secondary N) is 1. The lowest BCUT2D eigenvalue weighted by molar-refractivity contribution is 0.331. The van der Waals surface area contributed by atoms with E-state index >= 15 is 0 Å². The van der Waals surface area contributed by atoms with Crippen molar-refractivity contribution in [3.63, 3.8) is 0 Å². The topological polar surface area (TPSA) is 83.1 Å². The summed E-state index contributed by atoms with van der Waals surface area (Å²) in [4.78, 5) is 27.0. The second-order valence-corrected chi connectivity index (χ2v) is 10.7. The maximum absolute atomic E-state index is 6.21. The van der Waals surface area contributed by atoms with Crippen LogP contribution < -0.4 is 9.64 Å². The minimum absolute atomic E-state index is 0.632. The molecule has 0 saturated heterocycles. The standard InChI is InChI=1S/C29H35N7O/c1-5-19-6-8-23-24(12-19)33-27(17-35(3)4)34-29(23)36-10-11-37-26-9-7-20(13-22(26)16-36)21-14-25-28(30-15-21)32-18(2)31-25/h7,9,13-15,19H,5-6,8,10-12,16-17H2,1-4H3,(H,30,31,32)/t19-/m0/s1. The normalized spacial score (nSPS) is 17.4. The van der Waals surface area contributed by atoms with Gasteiger partial charge in [0.2, 0.25) is 0 Å². The van der Waals surface area contributed by atoms with Crippen molar-refractivity contribution in [3.05, 3.63) is 58.9 Å². The molecule has 0 amide bonds. The number of anilines is 1. The van der Waals surface area contributed by atoms with Gasteiger partial charge >= 0.3 is 0 Å². The van der Waals surface area contributed by atoms with E-state index in [4.69, 9.17) is 14.7 Å². The minimum atomic E-state index is 0.632. The molecule has 8 heteroatoms. The third-order valence-corrected chi connectivity index (χ3v) is 7.57. The summed E-state index contributed by atoms with van der Waals surface area (Å²) in [5.74, 6) is 4.53. The van der Waals surface area contributed by atoms with Gasteiger partial charge in [-0.3, -0.25) is 0 Å². The lowest BCUT2D eigenvalue weighted by Crippen LogP contribution is -2.30. The average Bonchev–Trinajstić information content (AvgIpc) is 3.13. The molecule has 2 aliphatic rings. The zero-order valence-electron chi connectivity index (χ0n) is 22.2. The monoisotopic (exact) mass is 497 g/mol. The van der Waals surface area contributed by atoms with Gasteiger partial charge in [0.15, 0.2) is 5.65 Å². The molecule has 1 atom stereocenters. The maximum atomic E-state index is 6.21. The van der Waals surface area contributed by atoms with Crippen molar-refractivity contribution in [1.82, 2.24) is 29.8 Å². The Labute approximate surface area is 218 Å². The number of pyridine rings is 1. The fourth-order valence-corrected chi connectivity index (χ4v) is 5.61. The van der Waals surface area contributed by atoms with E-state index in [9.17, 15) is 0 Å². The number of hydrogen-bond acceptors (Lipinski definition) is 7. The third-order valence-electron chi connectivity index (χ3n) is 7.57. The number of aromatic amines is 1. The number of H-pyrrole nitrogens is 1. The summed E-state index contributed by atoms with van der Waals surface area (Å²) >= 11 is 0. The Balaban J connectivity index is 1.36. The average molecular weight is 498 g/mol. The van der Waals surface area contributed by atoms with Gasteiger partial charge < -0.3 is 19.5 Å². The molecule has 1 aliphatic carbocycles. The third kappa shape index (κ3) is 4.78. The van der Waals surface area contributed by atoms with Crippen molar-refractivity contribution < 1.29 is 4.74 Å². The van der Waals surface area contributed by atoms with E-state index in [0.29, 0.717) is 12.5 Å². The highest BCUT2D eigenvalue weighted by atomic mass is 16.5. The molecule has 6 rings (SSSR count). The van der Waals surface area contributed by atoms with Crippen LogP contribution in [0.15, 0.2) is 30.5 Å². The molecule has 1 aliphatic heterocycles. The molecule has 0 bridgehead atoms. The number of hydrogen-bond donors (Lipinski definition) is 1. The number of rotatable bonds is 5. The molecule has 1 aromatic carbocycles. The molecule has 4 heterocycles. The Morgan fingerprint density at radius 2 is 2.03 bits per heavy atom. The van der Waals surface area contributed by atoms with Crippen LogP contribution in [0.4, 0.5) is 5.82 Å². The van der Waals surface area contributed by atoms with Gasteiger partial charge in [0.05, 0.1) is 18.6 Å². The van der Waals surface area contributed by atoms with E-state index < -0.39 is 0 Å². The van der Waals surface area contributed by atoms with Crippen LogP contribution in [0.1, 0.15) is 48.2 Å². The molecular weight excluding hydrogens is 462 g/mol. The van der Waals surface area contributed by atoms with Gasteiger partial charge in [-0.05, 0) is 70.0 Å². The number of nitrogens with zero attached hydrogens (tertiary/aromatic N) is 6. The van der Waals surface area contributed by atoms with Crippen molar-refractivity contribution in [2.75, 3.05) is 32.1 Å². The lowest BCUT2D eigenvalue weighted by Gasteiger charge is -2.30. The highest BCUT2D eigenvalue weighted by Gasteiger charge is 2.27. The summed E-state index contributed by atoms with van der Waals surface area (Å²) in [6.07, 6.45) is 6.41. The van der Waals surface area contributed by atoms with Gasteiger partial charge in [-0.1, -0.05) is 19.4 Å². The molecule has 37 heavy (non-hydrogen) atoms. The summed E-state index contributed by atoms with van der Waals surface area (Å²) < 4.78 is 6.21. The zero-order chi connectivity index (χ0) is 25.5. The van der Waals surface area contributed by atoms with Crippen molar-refractivity contribution in [1.29, 1.82) is 0 Å². The van der Waals surface area contributed by atoms with E-state index in [0.717, 1.165) is 78.0 Å². The van der Waals surface area contributed by atoms with Gasteiger partial charge in [0.25, 0.3) is 0 Å². The fraction of sp³-hybridized carbons (Fsp3) is 0.448. The molecular formula is C29H35N7O. The largest absolute Gasteiger partial charge is 0.491 e. The Bertz CT molecular complexity index is 1440. The summed E-state index contributed by atoms with van der Waals surface area (Å²) in [6, 6.07) is 8.57. The zero-order valence-corrected chi connectivity index (χ0v) is 22.2. The van der Waals surface area contributed by atoms with Crippen LogP contribution in [0, 0.1) is 12.8 Å². The maximum Gasteiger partial charge on any atom is 0.177 e. The van der Waals surface area contributed by atoms with E-state index in [1.54, 1.807) is 0 Å². The van der Waals surface area contributed by atoms with Crippen molar-refractivity contribution >= 4 is 17.0 Å². The quantitative estimate of drug-likeness (QED) is 0.428. The molecule has 0 radical (unpaired) electrons. The van der Waals surface area contributed by atoms with Crippen LogP contribution in [0.2, 0.25) is 0 Å². The molecule has 0 spiro atoms. The molecule has 0 fully saturated rings. The second-order valence-electron chi connectivity index (χ2n) is 10.7. The highest BCUT2D eigenvalue weighted by Crippen LogP contribution is 2.35. The van der Waals surface area contributed by atoms with Crippen LogP contribution in [0.5, 0.6) is 5.75 Å². The van der Waals surface area contributed by atoms with Crippen LogP contribution in [0.25, 0.3) is 22.3 Å². The SMILES string of the molecule is CC[C@H]1CCc2c(nc(CN(C)C)nc2N2CCOc3ccc(-c4cnc5nc(C)[nH]c5c4)cc3C2)C1. The Hall–Kier alpha value is -3.52. The Morgan fingerprint density at radius 1 is 1.14 bits per heavy atom. The molecule has 192 valence electrons. The van der Waals surface area contributed by atoms with E-state index in [2.05, 4.69) is 70.0 Å². The van der Waals surface area contributed by atoms with Gasteiger partial charge in [0.1, 0.15) is 29.8 Å². The summed E-state index contributed by atoms with van der Waals surface area (Å²) in [5.41, 5.74) is 7.62. The van der Waals surface area contributed by atoms with Crippen molar-refractivity contribution in [3.8, 4) is 16.9 Å². The fourth-order valence-electron chi connectivity index (χ4n) is 5.61. The molecule has 8 nitrogen and oxygen atoms in total. The first-order valence-electron chi connectivity index (χ1n) is 13.3.